The van der Waals surface area contributed by atoms with Gasteiger partial charge in [-0.05, 0) is 38.2 Å². The number of nitrogens with zero attached hydrogens (tertiary/aromatic N) is 2. The summed E-state index contributed by atoms with van der Waals surface area (Å²) < 4.78 is 32.9. The van der Waals surface area contributed by atoms with Gasteiger partial charge in [-0.1, -0.05) is 24.3 Å². The van der Waals surface area contributed by atoms with Crippen LogP contribution in [0.1, 0.15) is 22.8 Å². The van der Waals surface area contributed by atoms with Crippen molar-refractivity contribution in [1.82, 2.24) is 14.5 Å². The Bertz CT molecular complexity index is 954. The Morgan fingerprint density at radius 2 is 1.79 bits per heavy atom. The van der Waals surface area contributed by atoms with Crippen LogP contribution in [0.15, 0.2) is 53.4 Å². The summed E-state index contributed by atoms with van der Waals surface area (Å²) in [5, 5.41) is 2.84. The van der Waals surface area contributed by atoms with Crippen molar-refractivity contribution < 1.29 is 17.9 Å². The van der Waals surface area contributed by atoms with E-state index in [1.165, 1.54) is 16.4 Å². The quantitative estimate of drug-likeness (QED) is 0.745. The van der Waals surface area contributed by atoms with Crippen molar-refractivity contribution in [3.63, 3.8) is 0 Å². The summed E-state index contributed by atoms with van der Waals surface area (Å²) in [4.78, 5) is 14.9. The molecule has 0 radical (unpaired) electrons. The fourth-order valence-corrected chi connectivity index (χ4v) is 4.67. The van der Waals surface area contributed by atoms with Crippen molar-refractivity contribution in [2.75, 3.05) is 39.8 Å². The molecule has 0 bridgehead atoms. The fourth-order valence-electron chi connectivity index (χ4n) is 3.20. The van der Waals surface area contributed by atoms with E-state index in [0.717, 1.165) is 11.3 Å². The summed E-state index contributed by atoms with van der Waals surface area (Å²) >= 11 is 0. The molecule has 1 aliphatic heterocycles. The van der Waals surface area contributed by atoms with Gasteiger partial charge in [0.25, 0.3) is 5.91 Å². The molecule has 8 heteroatoms. The van der Waals surface area contributed by atoms with Gasteiger partial charge in [-0.15, -0.1) is 0 Å². The number of hydrogen-bond donors (Lipinski definition) is 1. The fraction of sp³-hybridized carbons (Fsp3) is 0.381. The molecule has 3 rings (SSSR count). The van der Waals surface area contributed by atoms with E-state index in [1.807, 2.05) is 38.2 Å². The lowest BCUT2D eigenvalue weighted by Crippen LogP contribution is -2.47. The zero-order chi connectivity index (χ0) is 20.9. The Morgan fingerprint density at radius 3 is 2.52 bits per heavy atom. The maximum absolute atomic E-state index is 12.9. The molecule has 1 fully saturated rings. The van der Waals surface area contributed by atoms with Crippen molar-refractivity contribution >= 4 is 15.9 Å². The van der Waals surface area contributed by atoms with Crippen LogP contribution in [-0.2, 0) is 16.6 Å². The zero-order valence-electron chi connectivity index (χ0n) is 16.8. The minimum absolute atomic E-state index is 0.143. The number of likely N-dealkylation sites (N-methyl/N-ethyl adjacent to an activating group) is 1. The van der Waals surface area contributed by atoms with Crippen LogP contribution >= 0.6 is 0 Å². The SMILES string of the molecule is CCOc1ccccc1CNC(=O)c1cccc(S(=O)(=O)N2CCN(C)CC2)c1. The molecule has 1 saturated heterocycles. The zero-order valence-corrected chi connectivity index (χ0v) is 17.6. The highest BCUT2D eigenvalue weighted by molar-refractivity contribution is 7.89. The molecule has 1 amide bonds. The Balaban J connectivity index is 1.71. The number of hydrogen-bond acceptors (Lipinski definition) is 5. The van der Waals surface area contributed by atoms with E-state index in [-0.39, 0.29) is 10.8 Å². The van der Waals surface area contributed by atoms with Crippen LogP contribution in [0.3, 0.4) is 0 Å². The number of nitrogens with one attached hydrogen (secondary N) is 1. The number of carbonyl (C=O) groups excluding carboxylic acids is 1. The molecule has 1 N–H and O–H groups in total. The molecule has 0 atom stereocenters. The number of benzene rings is 2. The van der Waals surface area contributed by atoms with Crippen LogP contribution in [0, 0.1) is 0 Å². The lowest BCUT2D eigenvalue weighted by atomic mass is 10.1. The molecule has 1 aliphatic rings. The van der Waals surface area contributed by atoms with E-state index in [0.29, 0.717) is 44.9 Å². The van der Waals surface area contributed by atoms with Crippen LogP contribution in [-0.4, -0.2) is 63.4 Å². The molecule has 7 nitrogen and oxygen atoms in total. The van der Waals surface area contributed by atoms with Gasteiger partial charge in [-0.25, -0.2) is 8.42 Å². The van der Waals surface area contributed by atoms with Crippen LogP contribution in [0.25, 0.3) is 0 Å². The minimum atomic E-state index is -3.62. The summed E-state index contributed by atoms with van der Waals surface area (Å²) in [5.41, 5.74) is 1.18. The van der Waals surface area contributed by atoms with E-state index < -0.39 is 10.0 Å². The Kier molecular flexibility index (Phi) is 6.89. The second kappa shape index (κ2) is 9.39. The van der Waals surface area contributed by atoms with Gasteiger partial charge in [0.05, 0.1) is 11.5 Å². The summed E-state index contributed by atoms with van der Waals surface area (Å²) in [6.07, 6.45) is 0. The van der Waals surface area contributed by atoms with Crippen molar-refractivity contribution in [3.8, 4) is 5.75 Å². The third-order valence-electron chi connectivity index (χ3n) is 4.91. The van der Waals surface area contributed by atoms with Gasteiger partial charge >= 0.3 is 0 Å². The average molecular weight is 418 g/mol. The maximum Gasteiger partial charge on any atom is 0.251 e. The highest BCUT2D eigenvalue weighted by atomic mass is 32.2. The topological polar surface area (TPSA) is 78.9 Å². The number of carbonyl (C=O) groups is 1. The predicted octanol–water partition coefficient (Wildman–Crippen LogP) is 1.95. The van der Waals surface area contributed by atoms with E-state index in [2.05, 4.69) is 10.2 Å². The first-order valence-corrected chi connectivity index (χ1v) is 11.1. The van der Waals surface area contributed by atoms with E-state index in [1.54, 1.807) is 12.1 Å². The lowest BCUT2D eigenvalue weighted by molar-refractivity contribution is 0.0950. The Labute approximate surface area is 172 Å². The van der Waals surface area contributed by atoms with Crippen LogP contribution in [0.5, 0.6) is 5.75 Å². The van der Waals surface area contributed by atoms with Crippen molar-refractivity contribution in [2.24, 2.45) is 0 Å². The van der Waals surface area contributed by atoms with Crippen LogP contribution in [0.2, 0.25) is 0 Å². The Hall–Kier alpha value is -2.42. The van der Waals surface area contributed by atoms with Crippen molar-refractivity contribution in [3.05, 3.63) is 59.7 Å². The number of para-hydroxylation sites is 1. The molecular weight excluding hydrogens is 390 g/mol. The first-order valence-electron chi connectivity index (χ1n) is 9.69. The average Bonchev–Trinajstić information content (AvgIpc) is 2.73. The van der Waals surface area contributed by atoms with Crippen molar-refractivity contribution in [1.29, 1.82) is 0 Å². The minimum Gasteiger partial charge on any atom is -0.494 e. The van der Waals surface area contributed by atoms with Gasteiger partial charge in [0, 0.05) is 43.9 Å². The summed E-state index contributed by atoms with van der Waals surface area (Å²) in [6, 6.07) is 13.7. The molecular formula is C21H27N3O4S. The maximum atomic E-state index is 12.9. The Morgan fingerprint density at radius 1 is 1.07 bits per heavy atom. The summed E-state index contributed by atoms with van der Waals surface area (Å²) in [5.74, 6) is 0.397. The van der Waals surface area contributed by atoms with E-state index in [4.69, 9.17) is 4.74 Å². The van der Waals surface area contributed by atoms with Crippen LogP contribution < -0.4 is 10.1 Å². The number of piperazine rings is 1. The monoisotopic (exact) mass is 417 g/mol. The molecule has 2 aromatic rings. The molecule has 0 aromatic heterocycles. The number of sulfonamides is 1. The molecule has 2 aromatic carbocycles. The summed E-state index contributed by atoms with van der Waals surface area (Å²) in [7, 11) is -1.65. The molecule has 156 valence electrons. The number of rotatable bonds is 7. The van der Waals surface area contributed by atoms with E-state index >= 15 is 0 Å². The van der Waals surface area contributed by atoms with Gasteiger partial charge in [0.1, 0.15) is 5.75 Å². The standard InChI is InChI=1S/C21H27N3O4S/c1-3-28-20-10-5-4-7-18(20)16-22-21(25)17-8-6-9-19(15-17)29(26,27)24-13-11-23(2)12-14-24/h4-10,15H,3,11-14,16H2,1-2H3,(H,22,25). The normalized spacial score (nSPS) is 15.8. The second-order valence-corrected chi connectivity index (χ2v) is 8.90. The third-order valence-corrected chi connectivity index (χ3v) is 6.80. The first kappa shape index (κ1) is 21.3. The van der Waals surface area contributed by atoms with Gasteiger partial charge < -0.3 is 15.0 Å². The number of ether oxygens (including phenoxy) is 1. The van der Waals surface area contributed by atoms with Gasteiger partial charge in [-0.2, -0.15) is 4.31 Å². The van der Waals surface area contributed by atoms with Gasteiger partial charge in [0.2, 0.25) is 10.0 Å². The third kappa shape index (κ3) is 5.14. The highest BCUT2D eigenvalue weighted by Gasteiger charge is 2.27. The molecule has 0 saturated carbocycles. The van der Waals surface area contributed by atoms with Gasteiger partial charge in [-0.3, -0.25) is 4.79 Å². The summed E-state index contributed by atoms with van der Waals surface area (Å²) in [6.45, 7) is 5.02. The van der Waals surface area contributed by atoms with Crippen LogP contribution in [0.4, 0.5) is 0 Å². The molecule has 0 unspecified atom stereocenters. The second-order valence-electron chi connectivity index (χ2n) is 6.96. The molecule has 1 heterocycles. The largest absolute Gasteiger partial charge is 0.494 e. The molecule has 0 spiro atoms. The van der Waals surface area contributed by atoms with E-state index in [9.17, 15) is 13.2 Å². The lowest BCUT2D eigenvalue weighted by Gasteiger charge is -2.31. The highest BCUT2D eigenvalue weighted by Crippen LogP contribution is 2.20. The molecule has 29 heavy (non-hydrogen) atoms. The van der Waals surface area contributed by atoms with Crippen molar-refractivity contribution in [2.45, 2.75) is 18.4 Å². The molecule has 0 aliphatic carbocycles. The van der Waals surface area contributed by atoms with Gasteiger partial charge in [0.15, 0.2) is 0 Å². The first-order chi connectivity index (χ1) is 13.9. The predicted molar refractivity (Wildman–Crippen MR) is 111 cm³/mol. The smallest absolute Gasteiger partial charge is 0.251 e. The number of amides is 1.